The highest BCUT2D eigenvalue weighted by Gasteiger charge is 2.26. The molecule has 0 saturated heterocycles. The average molecular weight is 264 g/mol. The van der Waals surface area contributed by atoms with Gasteiger partial charge in [0.2, 0.25) is 5.91 Å². The van der Waals surface area contributed by atoms with Crippen LogP contribution >= 0.6 is 0 Å². The molecule has 1 aromatic carbocycles. The number of aromatic hydroxyl groups is 1. The van der Waals surface area contributed by atoms with Gasteiger partial charge >= 0.3 is 0 Å². The number of nitrogens with one attached hydrogen (secondary N) is 1. The van der Waals surface area contributed by atoms with Crippen LogP contribution in [-0.4, -0.2) is 17.0 Å². The lowest BCUT2D eigenvalue weighted by atomic mass is 9.80. The lowest BCUT2D eigenvalue weighted by Crippen LogP contribution is -2.33. The van der Waals surface area contributed by atoms with E-state index in [0.717, 1.165) is 0 Å². The summed E-state index contributed by atoms with van der Waals surface area (Å²) in [6, 6.07) is 6.20. The summed E-state index contributed by atoms with van der Waals surface area (Å²) in [6.45, 7) is 3.58. The number of phenols is 1. The van der Waals surface area contributed by atoms with E-state index in [-0.39, 0.29) is 24.5 Å². The molecule has 0 aliphatic carbocycles. The number of hydrogen-bond acceptors (Lipinski definition) is 4. The van der Waals surface area contributed by atoms with E-state index in [1.807, 2.05) is 6.92 Å². The Morgan fingerprint density at radius 2 is 2.05 bits per heavy atom. The summed E-state index contributed by atoms with van der Waals surface area (Å²) in [5, 5.41) is 22.6. The molecule has 1 atom stereocenters. The third kappa shape index (κ3) is 4.99. The fourth-order valence-electron chi connectivity index (χ4n) is 1.84. The quantitative estimate of drug-likeness (QED) is 0.809. The van der Waals surface area contributed by atoms with Crippen molar-refractivity contribution in [2.75, 3.05) is 5.32 Å². The summed E-state index contributed by atoms with van der Waals surface area (Å²) in [4.78, 5) is 22.6. The topological polar surface area (TPSA) is 89.5 Å². The molecule has 0 aliphatic rings. The Labute approximate surface area is 112 Å². The van der Waals surface area contributed by atoms with Crippen molar-refractivity contribution < 1.29 is 19.8 Å². The summed E-state index contributed by atoms with van der Waals surface area (Å²) in [7, 11) is 0. The molecule has 0 spiro atoms. The van der Waals surface area contributed by atoms with Crippen LogP contribution in [0.3, 0.4) is 0 Å². The molecule has 1 amide bonds. The molecule has 2 N–H and O–H groups in total. The van der Waals surface area contributed by atoms with Crippen LogP contribution in [0, 0.1) is 5.41 Å². The summed E-state index contributed by atoms with van der Waals surface area (Å²) >= 11 is 0. The standard InChI is InChI=1S/C14H19NO4/c1-3-14(2,9-13(18)19)8-12(17)15-10-5-4-6-11(16)7-10/h4-7,16H,3,8-9H2,1-2H3,(H,15,17)(H,18,19)/p-1/t14-/m1/s1. The van der Waals surface area contributed by atoms with Crippen molar-refractivity contribution in [3.8, 4) is 5.75 Å². The molecule has 0 radical (unpaired) electrons. The van der Waals surface area contributed by atoms with Gasteiger partial charge in [0.15, 0.2) is 0 Å². The first kappa shape index (κ1) is 15.0. The van der Waals surface area contributed by atoms with Crippen molar-refractivity contribution in [2.45, 2.75) is 33.1 Å². The predicted octanol–water partition coefficient (Wildman–Crippen LogP) is 1.28. The largest absolute Gasteiger partial charge is 0.550 e. The molecular formula is C14H18NO4-. The van der Waals surface area contributed by atoms with Crippen LogP contribution in [0.15, 0.2) is 24.3 Å². The smallest absolute Gasteiger partial charge is 0.224 e. The predicted molar refractivity (Wildman–Crippen MR) is 69.4 cm³/mol. The van der Waals surface area contributed by atoms with E-state index < -0.39 is 11.4 Å². The monoisotopic (exact) mass is 264 g/mol. The second kappa shape index (κ2) is 6.22. The lowest BCUT2D eigenvalue weighted by Gasteiger charge is -2.27. The first-order valence-electron chi connectivity index (χ1n) is 6.13. The molecular weight excluding hydrogens is 246 g/mol. The first-order chi connectivity index (χ1) is 8.84. The Hall–Kier alpha value is -2.04. The van der Waals surface area contributed by atoms with Gasteiger partial charge in [-0.05, 0) is 30.4 Å². The van der Waals surface area contributed by atoms with Crippen LogP contribution in [0.1, 0.15) is 33.1 Å². The molecule has 0 aliphatic heterocycles. The molecule has 0 aromatic heterocycles. The van der Waals surface area contributed by atoms with Gasteiger partial charge < -0.3 is 20.3 Å². The molecule has 0 bridgehead atoms. The highest BCUT2D eigenvalue weighted by Crippen LogP contribution is 2.30. The molecule has 5 heteroatoms. The van der Waals surface area contributed by atoms with Gasteiger partial charge in [-0.2, -0.15) is 0 Å². The van der Waals surface area contributed by atoms with E-state index in [0.29, 0.717) is 12.1 Å². The van der Waals surface area contributed by atoms with Gasteiger partial charge in [0.1, 0.15) is 5.75 Å². The Balaban J connectivity index is 2.66. The third-order valence-corrected chi connectivity index (χ3v) is 3.14. The van der Waals surface area contributed by atoms with E-state index >= 15 is 0 Å². The first-order valence-corrected chi connectivity index (χ1v) is 6.13. The number of carboxylic acids is 1. The molecule has 0 saturated carbocycles. The van der Waals surface area contributed by atoms with Crippen molar-refractivity contribution >= 4 is 17.6 Å². The Kier molecular flexibility index (Phi) is 4.92. The minimum Gasteiger partial charge on any atom is -0.550 e. The van der Waals surface area contributed by atoms with Crippen LogP contribution in [0.5, 0.6) is 5.75 Å². The second-order valence-corrected chi connectivity index (χ2v) is 4.99. The van der Waals surface area contributed by atoms with E-state index in [4.69, 9.17) is 0 Å². The van der Waals surface area contributed by atoms with Crippen molar-refractivity contribution in [2.24, 2.45) is 5.41 Å². The zero-order valence-corrected chi connectivity index (χ0v) is 11.1. The number of carboxylic acid groups (broad SMARTS) is 1. The number of hydrogen-bond donors (Lipinski definition) is 2. The zero-order chi connectivity index (χ0) is 14.5. The molecule has 5 nitrogen and oxygen atoms in total. The zero-order valence-electron chi connectivity index (χ0n) is 11.1. The van der Waals surface area contributed by atoms with Crippen LogP contribution in [0.25, 0.3) is 0 Å². The van der Waals surface area contributed by atoms with Gasteiger partial charge in [0, 0.05) is 24.1 Å². The van der Waals surface area contributed by atoms with E-state index in [1.54, 1.807) is 19.1 Å². The fourth-order valence-corrected chi connectivity index (χ4v) is 1.84. The Morgan fingerprint density at radius 3 is 2.58 bits per heavy atom. The maximum Gasteiger partial charge on any atom is 0.224 e. The molecule has 19 heavy (non-hydrogen) atoms. The molecule has 0 heterocycles. The van der Waals surface area contributed by atoms with E-state index in [9.17, 15) is 19.8 Å². The number of amides is 1. The van der Waals surface area contributed by atoms with Gasteiger partial charge in [-0.3, -0.25) is 4.79 Å². The minimum absolute atomic E-state index is 0.0609. The van der Waals surface area contributed by atoms with Gasteiger partial charge in [0.25, 0.3) is 0 Å². The number of carbonyl (C=O) groups is 2. The number of aliphatic carboxylic acids is 1. The van der Waals surface area contributed by atoms with Gasteiger partial charge in [-0.1, -0.05) is 19.9 Å². The lowest BCUT2D eigenvalue weighted by molar-refractivity contribution is -0.308. The van der Waals surface area contributed by atoms with Crippen molar-refractivity contribution in [3.05, 3.63) is 24.3 Å². The second-order valence-electron chi connectivity index (χ2n) is 4.99. The fraction of sp³-hybridized carbons (Fsp3) is 0.429. The summed E-state index contributed by atoms with van der Waals surface area (Å²) < 4.78 is 0. The maximum atomic E-state index is 11.9. The number of carbonyl (C=O) groups excluding carboxylic acids is 2. The van der Waals surface area contributed by atoms with Crippen molar-refractivity contribution in [1.29, 1.82) is 0 Å². The maximum absolute atomic E-state index is 11.9. The highest BCUT2D eigenvalue weighted by molar-refractivity contribution is 5.91. The highest BCUT2D eigenvalue weighted by atomic mass is 16.4. The normalized spacial score (nSPS) is 13.6. The van der Waals surface area contributed by atoms with Crippen LogP contribution in [-0.2, 0) is 9.59 Å². The van der Waals surface area contributed by atoms with Crippen LogP contribution in [0.2, 0.25) is 0 Å². The minimum atomic E-state index is -1.16. The summed E-state index contributed by atoms with van der Waals surface area (Å²) in [5.74, 6) is -1.38. The SMILES string of the molecule is CC[C@@](C)(CC(=O)[O-])CC(=O)Nc1cccc(O)c1. The van der Waals surface area contributed by atoms with Crippen molar-refractivity contribution in [1.82, 2.24) is 0 Å². The molecule has 0 unspecified atom stereocenters. The van der Waals surface area contributed by atoms with Gasteiger partial charge in [-0.25, -0.2) is 0 Å². The molecule has 0 fully saturated rings. The number of phenolic OH excluding ortho intramolecular Hbond substituents is 1. The Bertz CT molecular complexity index is 472. The van der Waals surface area contributed by atoms with E-state index in [2.05, 4.69) is 5.32 Å². The Morgan fingerprint density at radius 1 is 1.37 bits per heavy atom. The summed E-state index contributed by atoms with van der Waals surface area (Å²) in [6.07, 6.45) is 0.499. The summed E-state index contributed by atoms with van der Waals surface area (Å²) in [5.41, 5.74) is -0.142. The average Bonchev–Trinajstić information content (AvgIpc) is 2.27. The molecule has 104 valence electrons. The number of benzene rings is 1. The van der Waals surface area contributed by atoms with Crippen molar-refractivity contribution in [3.63, 3.8) is 0 Å². The van der Waals surface area contributed by atoms with Crippen LogP contribution in [0.4, 0.5) is 5.69 Å². The number of rotatable bonds is 6. The van der Waals surface area contributed by atoms with Gasteiger partial charge in [-0.15, -0.1) is 0 Å². The third-order valence-electron chi connectivity index (χ3n) is 3.14. The van der Waals surface area contributed by atoms with Crippen LogP contribution < -0.4 is 10.4 Å². The molecule has 1 aromatic rings. The van der Waals surface area contributed by atoms with Gasteiger partial charge in [0.05, 0.1) is 0 Å². The van der Waals surface area contributed by atoms with E-state index in [1.165, 1.54) is 12.1 Å². The molecule has 1 rings (SSSR count). The number of anilines is 1.